The van der Waals surface area contributed by atoms with E-state index in [4.69, 9.17) is 42.1 Å². The molecule has 2 aromatic carbocycles. The molecule has 8 nitrogen and oxygen atoms in total. The highest BCUT2D eigenvalue weighted by atomic mass is 79.9. The molecule has 0 amide bonds. The Morgan fingerprint density at radius 2 is 1.12 bits per heavy atom. The first-order valence-corrected chi connectivity index (χ1v) is 25.5. The zero-order chi connectivity index (χ0) is 35.8. The van der Waals surface area contributed by atoms with Crippen LogP contribution in [0.3, 0.4) is 0 Å². The van der Waals surface area contributed by atoms with E-state index in [0.717, 1.165) is 80.2 Å². The number of nitrogens with zero attached hydrogens (tertiary/aromatic N) is 4. The topological polar surface area (TPSA) is 72.6 Å². The van der Waals surface area contributed by atoms with Crippen LogP contribution in [-0.2, 0) is 22.9 Å². The molecule has 0 N–H and O–H groups in total. The monoisotopic (exact) mass is 860 g/mol. The van der Waals surface area contributed by atoms with Gasteiger partial charge >= 0.3 is 0 Å². The van der Waals surface area contributed by atoms with Gasteiger partial charge < -0.3 is 23.5 Å². The molecule has 264 valence electrons. The number of halogens is 4. The van der Waals surface area contributed by atoms with Gasteiger partial charge in [-0.15, -0.1) is 0 Å². The molecule has 0 saturated carbocycles. The molecule has 2 heterocycles. The van der Waals surface area contributed by atoms with Gasteiger partial charge in [-0.1, -0.05) is 62.5 Å². The Labute approximate surface area is 314 Å². The SMILES string of the molecule is COc1ccc(Cl)cc1-c1nc(Br)c(C)n1COCC[Si](C)(C)C.COc1ccc(Cl)cc1-c1nc(C)c(Br)n1COCC[Si](C)(C)C. The molecule has 48 heavy (non-hydrogen) atoms. The number of ether oxygens (including phenoxy) is 4. The summed E-state index contributed by atoms with van der Waals surface area (Å²) in [6, 6.07) is 13.3. The quantitative estimate of drug-likeness (QED) is 0.0929. The molecule has 0 aliphatic rings. The van der Waals surface area contributed by atoms with Crippen LogP contribution in [0.5, 0.6) is 11.5 Å². The molecule has 0 fully saturated rings. The van der Waals surface area contributed by atoms with E-state index < -0.39 is 16.1 Å². The first kappa shape index (κ1) is 40.8. The second kappa shape index (κ2) is 18.0. The van der Waals surface area contributed by atoms with Crippen molar-refractivity contribution in [1.82, 2.24) is 19.1 Å². The zero-order valence-corrected chi connectivity index (χ0v) is 36.3. The number of methoxy groups -OCH3 is 2. The highest BCUT2D eigenvalue weighted by Gasteiger charge is 2.20. The average molecular weight is 864 g/mol. The van der Waals surface area contributed by atoms with Gasteiger partial charge in [0.1, 0.15) is 45.8 Å². The van der Waals surface area contributed by atoms with Crippen LogP contribution >= 0.6 is 55.1 Å². The van der Waals surface area contributed by atoms with Gasteiger partial charge in [-0.2, -0.15) is 0 Å². The minimum absolute atomic E-state index is 0.441. The largest absolute Gasteiger partial charge is 0.496 e. The number of aryl methyl sites for hydroxylation is 1. The van der Waals surface area contributed by atoms with Crippen molar-refractivity contribution in [3.05, 3.63) is 67.0 Å². The van der Waals surface area contributed by atoms with Gasteiger partial charge in [0.05, 0.1) is 36.7 Å². The third-order valence-corrected chi connectivity index (χ3v) is 13.1. The Hall–Kier alpha value is -1.65. The molecule has 4 rings (SSSR count). The highest BCUT2D eigenvalue weighted by molar-refractivity contribution is 9.10. The number of imidazole rings is 2. The van der Waals surface area contributed by atoms with Crippen molar-refractivity contribution in [3.8, 4) is 34.3 Å². The van der Waals surface area contributed by atoms with Crippen molar-refractivity contribution in [1.29, 1.82) is 0 Å². The number of benzene rings is 2. The van der Waals surface area contributed by atoms with Crippen LogP contribution in [0.15, 0.2) is 45.6 Å². The first-order chi connectivity index (χ1) is 22.5. The van der Waals surface area contributed by atoms with Crippen molar-refractivity contribution < 1.29 is 18.9 Å². The van der Waals surface area contributed by atoms with Crippen LogP contribution < -0.4 is 9.47 Å². The molecule has 0 unspecified atom stereocenters. The molecule has 0 aliphatic carbocycles. The lowest BCUT2D eigenvalue weighted by Gasteiger charge is -2.17. The number of aromatic nitrogens is 4. The summed E-state index contributed by atoms with van der Waals surface area (Å²) in [5.41, 5.74) is 3.63. The van der Waals surface area contributed by atoms with Crippen molar-refractivity contribution in [3.63, 3.8) is 0 Å². The lowest BCUT2D eigenvalue weighted by atomic mass is 10.2. The van der Waals surface area contributed by atoms with Gasteiger partial charge in [-0.05, 0) is 94.2 Å². The standard InChI is InChI=1S/2C17H24BrClN2O2Si/c1-12-16(18)20-17(14-10-13(19)6-7-15(14)22-2)21(12)11-23-8-9-24(3,4)5;1-12-16(18)21(11-23-8-9-24(3,4)5)17(20-12)14-10-13(19)6-7-15(14)22-2/h2*6-7,10H,8-9,11H2,1-5H3. The van der Waals surface area contributed by atoms with Crippen LogP contribution in [0, 0.1) is 13.8 Å². The smallest absolute Gasteiger partial charge is 0.147 e. The van der Waals surface area contributed by atoms with E-state index >= 15 is 0 Å². The Morgan fingerprint density at radius 3 is 1.56 bits per heavy atom. The Morgan fingerprint density at radius 1 is 0.688 bits per heavy atom. The van der Waals surface area contributed by atoms with E-state index in [0.29, 0.717) is 23.5 Å². The molecule has 0 bridgehead atoms. The Kier molecular flexibility index (Phi) is 15.3. The minimum atomic E-state index is -1.10. The second-order valence-electron chi connectivity index (χ2n) is 13.9. The van der Waals surface area contributed by atoms with E-state index in [2.05, 4.69) is 81.1 Å². The number of hydrogen-bond acceptors (Lipinski definition) is 6. The van der Waals surface area contributed by atoms with Gasteiger partial charge in [-0.25, -0.2) is 9.97 Å². The third kappa shape index (κ3) is 11.7. The summed E-state index contributed by atoms with van der Waals surface area (Å²) in [6.07, 6.45) is 0. The third-order valence-electron chi connectivity index (χ3n) is 7.47. The summed E-state index contributed by atoms with van der Waals surface area (Å²) in [7, 11) is 1.09. The van der Waals surface area contributed by atoms with Gasteiger partial charge in [0.25, 0.3) is 0 Å². The second-order valence-corrected chi connectivity index (χ2v) is 27.5. The summed E-state index contributed by atoms with van der Waals surface area (Å²) in [5.74, 6) is 3.04. The molecule has 14 heteroatoms. The fourth-order valence-corrected chi connectivity index (χ4v) is 7.12. The molecule has 2 aromatic heterocycles. The molecular formula is C34H48Br2Cl2N4O4Si2. The predicted molar refractivity (Wildman–Crippen MR) is 212 cm³/mol. The van der Waals surface area contributed by atoms with E-state index in [1.54, 1.807) is 14.2 Å². The maximum atomic E-state index is 6.17. The molecule has 4 aromatic rings. The summed E-state index contributed by atoms with van der Waals surface area (Å²) in [6.45, 7) is 20.5. The van der Waals surface area contributed by atoms with Crippen molar-refractivity contribution in [2.75, 3.05) is 27.4 Å². The van der Waals surface area contributed by atoms with Crippen molar-refractivity contribution in [2.24, 2.45) is 0 Å². The molecule has 0 atom stereocenters. The van der Waals surface area contributed by atoms with Gasteiger partial charge in [0, 0.05) is 39.4 Å². The summed E-state index contributed by atoms with van der Waals surface area (Å²) in [5, 5.41) is 1.29. The maximum absolute atomic E-state index is 6.17. The molecule has 0 saturated heterocycles. The van der Waals surface area contributed by atoms with Crippen molar-refractivity contribution in [2.45, 2.75) is 78.7 Å². The Bertz CT molecular complexity index is 1550. The van der Waals surface area contributed by atoms with Gasteiger partial charge in [0.15, 0.2) is 0 Å². The predicted octanol–water partition coefficient (Wildman–Crippen LogP) is 11.2. The van der Waals surface area contributed by atoms with Crippen molar-refractivity contribution >= 4 is 71.2 Å². The molecule has 0 spiro atoms. The zero-order valence-electron chi connectivity index (χ0n) is 29.6. The van der Waals surface area contributed by atoms with E-state index in [1.807, 2.05) is 59.4 Å². The average Bonchev–Trinajstić information content (AvgIpc) is 3.45. The van der Waals surface area contributed by atoms with Gasteiger partial charge in [-0.3, -0.25) is 4.57 Å². The Balaban J connectivity index is 0.000000260. The number of hydrogen-bond donors (Lipinski definition) is 0. The van der Waals surface area contributed by atoms with Crippen LogP contribution in [0.4, 0.5) is 0 Å². The minimum Gasteiger partial charge on any atom is -0.496 e. The van der Waals surface area contributed by atoms with E-state index in [1.165, 1.54) is 0 Å². The van der Waals surface area contributed by atoms with Crippen LogP contribution in [0.2, 0.25) is 61.4 Å². The summed E-state index contributed by atoms with van der Waals surface area (Å²) < 4.78 is 28.5. The lowest BCUT2D eigenvalue weighted by molar-refractivity contribution is 0.0867. The molecular weight excluding hydrogens is 815 g/mol. The maximum Gasteiger partial charge on any atom is 0.147 e. The highest BCUT2D eigenvalue weighted by Crippen LogP contribution is 2.36. The number of rotatable bonds is 14. The van der Waals surface area contributed by atoms with Crippen LogP contribution in [0.25, 0.3) is 22.8 Å². The fraction of sp³-hybridized carbons (Fsp3) is 0.471. The van der Waals surface area contributed by atoms with E-state index in [-0.39, 0.29) is 0 Å². The van der Waals surface area contributed by atoms with E-state index in [9.17, 15) is 0 Å². The van der Waals surface area contributed by atoms with Crippen LogP contribution in [0.1, 0.15) is 11.4 Å². The molecule has 0 aliphatic heterocycles. The fourth-order valence-electron chi connectivity index (χ4n) is 4.52. The summed E-state index contributed by atoms with van der Waals surface area (Å²) >= 11 is 19.5. The normalized spacial score (nSPS) is 11.8. The lowest BCUT2D eigenvalue weighted by Crippen LogP contribution is -2.22. The molecule has 0 radical (unpaired) electrons. The van der Waals surface area contributed by atoms with Crippen LogP contribution in [-0.4, -0.2) is 62.7 Å². The van der Waals surface area contributed by atoms with Gasteiger partial charge in [0.2, 0.25) is 0 Å². The summed E-state index contributed by atoms with van der Waals surface area (Å²) in [4.78, 5) is 9.29. The first-order valence-electron chi connectivity index (χ1n) is 15.7.